The van der Waals surface area contributed by atoms with Gasteiger partial charge in [0.1, 0.15) is 11.4 Å². The average molecular weight is 278 g/mol. The minimum absolute atomic E-state index is 0.0263. The minimum Gasteiger partial charge on any atom is -0.489 e. The molecule has 0 bridgehead atoms. The van der Waals surface area contributed by atoms with Crippen molar-refractivity contribution in [2.75, 3.05) is 0 Å². The molecule has 0 saturated heterocycles. The molecule has 5 nitrogen and oxygen atoms in total. The van der Waals surface area contributed by atoms with Crippen molar-refractivity contribution in [3.8, 4) is 5.75 Å². The Bertz CT molecular complexity index is 480. The zero-order chi connectivity index (χ0) is 14.7. The van der Waals surface area contributed by atoms with E-state index in [1.807, 2.05) is 0 Å². The van der Waals surface area contributed by atoms with Crippen LogP contribution in [0.25, 0.3) is 0 Å². The van der Waals surface area contributed by atoms with Crippen LogP contribution in [0.15, 0.2) is 12.3 Å². The summed E-state index contributed by atoms with van der Waals surface area (Å²) in [6, 6.07) is 1.48. The lowest BCUT2D eigenvalue weighted by atomic mass is 9.80. The molecule has 2 rings (SSSR count). The molecule has 1 saturated carbocycles. The first-order chi connectivity index (χ1) is 9.47. The van der Waals surface area contributed by atoms with Crippen LogP contribution < -0.4 is 4.74 Å². The van der Waals surface area contributed by atoms with Crippen LogP contribution in [0.2, 0.25) is 0 Å². The van der Waals surface area contributed by atoms with Gasteiger partial charge >= 0.3 is 0 Å². The van der Waals surface area contributed by atoms with Crippen LogP contribution in [0.3, 0.4) is 0 Å². The number of hydrogen-bond donors (Lipinski definition) is 0. The van der Waals surface area contributed by atoms with Crippen molar-refractivity contribution in [1.82, 2.24) is 4.98 Å². The third kappa shape index (κ3) is 3.46. The lowest BCUT2D eigenvalue weighted by molar-refractivity contribution is -0.385. The lowest BCUT2D eigenvalue weighted by Gasteiger charge is -2.31. The van der Waals surface area contributed by atoms with Crippen molar-refractivity contribution in [1.29, 1.82) is 0 Å². The molecule has 0 amide bonds. The van der Waals surface area contributed by atoms with E-state index in [9.17, 15) is 10.1 Å². The van der Waals surface area contributed by atoms with E-state index in [4.69, 9.17) is 4.74 Å². The van der Waals surface area contributed by atoms with Gasteiger partial charge in [0.15, 0.2) is 0 Å². The second kappa shape index (κ2) is 6.20. The van der Waals surface area contributed by atoms with Crippen LogP contribution >= 0.6 is 0 Å². The average Bonchev–Trinajstić information content (AvgIpc) is 2.41. The van der Waals surface area contributed by atoms with Gasteiger partial charge in [-0.1, -0.05) is 13.8 Å². The Morgan fingerprint density at radius 2 is 2.00 bits per heavy atom. The molecule has 1 aromatic rings. The van der Waals surface area contributed by atoms with Crippen molar-refractivity contribution in [2.45, 2.75) is 52.6 Å². The van der Waals surface area contributed by atoms with E-state index >= 15 is 0 Å². The first kappa shape index (κ1) is 14.8. The number of ether oxygens (including phenoxy) is 1. The fourth-order valence-electron chi connectivity index (χ4n) is 2.82. The number of nitrogens with zero attached hydrogens (tertiary/aromatic N) is 2. The summed E-state index contributed by atoms with van der Waals surface area (Å²) in [6.07, 6.45) is 6.12. The highest BCUT2D eigenvalue weighted by molar-refractivity contribution is 5.40. The number of pyridine rings is 1. The van der Waals surface area contributed by atoms with Crippen LogP contribution in [0.5, 0.6) is 5.75 Å². The summed E-state index contributed by atoms with van der Waals surface area (Å²) >= 11 is 0. The highest BCUT2D eigenvalue weighted by atomic mass is 16.6. The first-order valence-electron chi connectivity index (χ1n) is 7.25. The Hall–Kier alpha value is -1.65. The fourth-order valence-corrected chi connectivity index (χ4v) is 2.82. The number of aromatic nitrogens is 1. The van der Waals surface area contributed by atoms with E-state index in [0.717, 1.165) is 24.7 Å². The third-order valence-corrected chi connectivity index (χ3v) is 4.20. The summed E-state index contributed by atoms with van der Waals surface area (Å²) in [7, 11) is 0. The molecule has 0 N–H and O–H groups in total. The van der Waals surface area contributed by atoms with Gasteiger partial charge in [-0.25, -0.2) is 0 Å². The van der Waals surface area contributed by atoms with Gasteiger partial charge in [0.2, 0.25) is 0 Å². The van der Waals surface area contributed by atoms with Gasteiger partial charge < -0.3 is 4.74 Å². The molecule has 0 aromatic carbocycles. The second-order valence-corrected chi connectivity index (χ2v) is 5.93. The van der Waals surface area contributed by atoms with Gasteiger partial charge in [-0.05, 0) is 44.4 Å². The molecular weight excluding hydrogens is 256 g/mol. The van der Waals surface area contributed by atoms with Gasteiger partial charge in [-0.3, -0.25) is 15.1 Å². The molecule has 1 fully saturated rings. The van der Waals surface area contributed by atoms with Crippen LogP contribution in [-0.2, 0) is 0 Å². The molecule has 0 radical (unpaired) electrons. The summed E-state index contributed by atoms with van der Waals surface area (Å²) in [5.41, 5.74) is 0.448. The molecule has 5 heteroatoms. The van der Waals surface area contributed by atoms with Crippen LogP contribution in [-0.4, -0.2) is 16.0 Å². The molecule has 0 unspecified atom stereocenters. The summed E-state index contributed by atoms with van der Waals surface area (Å²) in [5.74, 6) is 2.01. The zero-order valence-electron chi connectivity index (χ0n) is 12.3. The summed E-state index contributed by atoms with van der Waals surface area (Å²) < 4.78 is 5.86. The maximum atomic E-state index is 10.9. The smallest absolute Gasteiger partial charge is 0.294 e. The summed E-state index contributed by atoms with van der Waals surface area (Å²) in [5, 5.41) is 10.9. The number of rotatable bonds is 4. The first-order valence-corrected chi connectivity index (χ1v) is 7.25. The SMILES string of the molecule is Cc1ncc(O[C@H]2CC[C@H](C(C)C)CC2)cc1[N+](=O)[O-]. The molecular formula is C15H22N2O3. The van der Waals surface area contributed by atoms with Gasteiger partial charge in [0, 0.05) is 0 Å². The van der Waals surface area contributed by atoms with E-state index in [0.29, 0.717) is 11.4 Å². The van der Waals surface area contributed by atoms with E-state index in [2.05, 4.69) is 18.8 Å². The summed E-state index contributed by atoms with van der Waals surface area (Å²) in [4.78, 5) is 14.5. The van der Waals surface area contributed by atoms with Crippen molar-refractivity contribution in [3.63, 3.8) is 0 Å². The molecule has 0 aliphatic heterocycles. The van der Waals surface area contributed by atoms with Crippen LogP contribution in [0.1, 0.15) is 45.2 Å². The monoisotopic (exact) mass is 278 g/mol. The molecule has 20 heavy (non-hydrogen) atoms. The van der Waals surface area contributed by atoms with Gasteiger partial charge in [0.25, 0.3) is 5.69 Å². The molecule has 0 spiro atoms. The molecule has 1 aliphatic carbocycles. The van der Waals surface area contributed by atoms with Gasteiger partial charge in [-0.15, -0.1) is 0 Å². The molecule has 1 heterocycles. The Morgan fingerprint density at radius 3 is 2.55 bits per heavy atom. The van der Waals surface area contributed by atoms with Crippen molar-refractivity contribution in [3.05, 3.63) is 28.1 Å². The van der Waals surface area contributed by atoms with Crippen molar-refractivity contribution in [2.24, 2.45) is 11.8 Å². The largest absolute Gasteiger partial charge is 0.489 e. The molecule has 1 aromatic heterocycles. The summed E-state index contributed by atoms with van der Waals surface area (Å²) in [6.45, 7) is 6.16. The molecule has 1 aliphatic rings. The predicted octanol–water partition coefficient (Wildman–Crippen LogP) is 3.89. The van der Waals surface area contributed by atoms with Crippen LogP contribution in [0.4, 0.5) is 5.69 Å². The van der Waals surface area contributed by atoms with E-state index in [1.54, 1.807) is 13.1 Å². The predicted molar refractivity (Wildman–Crippen MR) is 76.8 cm³/mol. The third-order valence-electron chi connectivity index (χ3n) is 4.20. The Labute approximate surface area is 119 Å². The van der Waals surface area contributed by atoms with E-state index in [1.165, 1.54) is 18.9 Å². The van der Waals surface area contributed by atoms with E-state index in [-0.39, 0.29) is 11.8 Å². The van der Waals surface area contributed by atoms with Crippen molar-refractivity contribution >= 4 is 5.69 Å². The maximum absolute atomic E-state index is 10.9. The number of nitro groups is 1. The molecule has 110 valence electrons. The topological polar surface area (TPSA) is 65.3 Å². The van der Waals surface area contributed by atoms with E-state index < -0.39 is 4.92 Å². The molecule has 0 atom stereocenters. The maximum Gasteiger partial charge on any atom is 0.294 e. The zero-order valence-corrected chi connectivity index (χ0v) is 12.3. The minimum atomic E-state index is -0.412. The van der Waals surface area contributed by atoms with Crippen LogP contribution in [0, 0.1) is 28.9 Å². The highest BCUT2D eigenvalue weighted by Gasteiger charge is 2.25. The standard InChI is InChI=1S/C15H22N2O3/c1-10(2)12-4-6-13(7-5-12)20-14-8-15(17(18)19)11(3)16-9-14/h8-10,12-13H,4-7H2,1-3H3/t12-,13-. The Balaban J connectivity index is 1.98. The van der Waals surface area contributed by atoms with Crippen molar-refractivity contribution < 1.29 is 9.66 Å². The second-order valence-electron chi connectivity index (χ2n) is 5.93. The van der Waals surface area contributed by atoms with Gasteiger partial charge in [0.05, 0.1) is 23.3 Å². The lowest BCUT2D eigenvalue weighted by Crippen LogP contribution is -2.26. The Kier molecular flexibility index (Phi) is 4.57. The fraction of sp³-hybridized carbons (Fsp3) is 0.667. The number of hydrogen-bond acceptors (Lipinski definition) is 4. The van der Waals surface area contributed by atoms with Gasteiger partial charge in [-0.2, -0.15) is 0 Å². The normalized spacial score (nSPS) is 22.8. The highest BCUT2D eigenvalue weighted by Crippen LogP contribution is 2.32. The quantitative estimate of drug-likeness (QED) is 0.619. The Morgan fingerprint density at radius 1 is 1.35 bits per heavy atom. The number of aryl methyl sites for hydroxylation is 1.